The summed E-state index contributed by atoms with van der Waals surface area (Å²) >= 11 is 0. The average Bonchev–Trinajstić information content (AvgIpc) is 3.06. The molecular weight excluding hydrogens is 321 g/mol. The molecule has 1 aliphatic carbocycles. The summed E-state index contributed by atoms with van der Waals surface area (Å²) in [5, 5.41) is 3.15. The smallest absolute Gasteiger partial charge is 0.224 e. The highest BCUT2D eigenvalue weighted by Gasteiger charge is 2.45. The molecule has 1 N–H and O–H groups in total. The second-order valence-corrected chi connectivity index (χ2v) is 6.77. The Morgan fingerprint density at radius 2 is 2.20 bits per heavy atom. The van der Waals surface area contributed by atoms with Crippen LogP contribution in [0.1, 0.15) is 43.2 Å². The van der Waals surface area contributed by atoms with E-state index in [2.05, 4.69) is 17.2 Å². The first-order valence-corrected chi connectivity index (χ1v) is 8.86. The van der Waals surface area contributed by atoms with Gasteiger partial charge in [-0.05, 0) is 43.4 Å². The summed E-state index contributed by atoms with van der Waals surface area (Å²) in [6, 6.07) is 6.40. The molecule has 2 aromatic rings. The minimum absolute atomic E-state index is 0.0300. The van der Waals surface area contributed by atoms with Crippen molar-refractivity contribution in [3.8, 4) is 0 Å². The first kappa shape index (κ1) is 16.3. The molecule has 4 atom stereocenters. The molecular formula is C19H22FN3O2. The molecule has 1 aromatic heterocycles. The van der Waals surface area contributed by atoms with Gasteiger partial charge in [0.1, 0.15) is 17.7 Å². The molecule has 2 fully saturated rings. The van der Waals surface area contributed by atoms with Gasteiger partial charge in [0.05, 0.1) is 6.04 Å². The molecule has 2 heterocycles. The van der Waals surface area contributed by atoms with Crippen molar-refractivity contribution in [2.75, 3.05) is 6.61 Å². The van der Waals surface area contributed by atoms with E-state index < -0.39 is 0 Å². The molecule has 2 aliphatic rings. The van der Waals surface area contributed by atoms with E-state index in [1.54, 1.807) is 18.3 Å². The standard InChI is InChI=1S/C19H22FN3O2/c1-2-23-9-8-21-18(23)17-16(7-10-25-17)22-19(24)15-11-14(15)12-3-5-13(20)6-4-12/h3-6,8-9,14-17H,2,7,10-11H2,1H3,(H,22,24)/t14-,15+,16-,17-/m0/s1. The van der Waals surface area contributed by atoms with Gasteiger partial charge in [-0.1, -0.05) is 12.1 Å². The van der Waals surface area contributed by atoms with Gasteiger partial charge in [-0.3, -0.25) is 4.79 Å². The Bertz CT molecular complexity index is 758. The van der Waals surface area contributed by atoms with Crippen molar-refractivity contribution in [3.05, 3.63) is 53.9 Å². The van der Waals surface area contributed by atoms with E-state index in [9.17, 15) is 9.18 Å². The third-order valence-corrected chi connectivity index (χ3v) is 5.19. The fourth-order valence-electron chi connectivity index (χ4n) is 3.69. The van der Waals surface area contributed by atoms with E-state index in [-0.39, 0.29) is 35.7 Å². The predicted octanol–water partition coefficient (Wildman–Crippen LogP) is 2.79. The van der Waals surface area contributed by atoms with Crippen LogP contribution < -0.4 is 5.32 Å². The summed E-state index contributed by atoms with van der Waals surface area (Å²) in [5.74, 6) is 0.847. The number of nitrogens with zero attached hydrogens (tertiary/aromatic N) is 2. The molecule has 0 radical (unpaired) electrons. The van der Waals surface area contributed by atoms with Crippen molar-refractivity contribution in [3.63, 3.8) is 0 Å². The van der Waals surface area contributed by atoms with E-state index in [1.165, 1.54) is 12.1 Å². The molecule has 6 heteroatoms. The minimum atomic E-state index is -0.247. The number of imidazole rings is 1. The van der Waals surface area contributed by atoms with Crippen LogP contribution in [0.15, 0.2) is 36.7 Å². The second-order valence-electron chi connectivity index (χ2n) is 6.77. The number of aryl methyl sites for hydroxylation is 1. The zero-order valence-electron chi connectivity index (χ0n) is 14.2. The molecule has 1 aromatic carbocycles. The lowest BCUT2D eigenvalue weighted by Crippen LogP contribution is -2.38. The van der Waals surface area contributed by atoms with Crippen LogP contribution in [0.4, 0.5) is 4.39 Å². The Morgan fingerprint density at radius 3 is 2.96 bits per heavy atom. The first-order valence-electron chi connectivity index (χ1n) is 8.86. The Hall–Kier alpha value is -2.21. The van der Waals surface area contributed by atoms with Gasteiger partial charge in [-0.2, -0.15) is 0 Å². The molecule has 1 aliphatic heterocycles. The summed E-state index contributed by atoms with van der Waals surface area (Å²) in [4.78, 5) is 17.0. The number of carbonyl (C=O) groups is 1. The van der Waals surface area contributed by atoms with E-state index in [0.717, 1.165) is 30.8 Å². The number of halogens is 1. The van der Waals surface area contributed by atoms with Crippen LogP contribution in [0.25, 0.3) is 0 Å². The molecule has 25 heavy (non-hydrogen) atoms. The van der Waals surface area contributed by atoms with Crippen molar-refractivity contribution in [2.45, 2.75) is 44.4 Å². The molecule has 132 valence electrons. The van der Waals surface area contributed by atoms with Gasteiger partial charge in [0.2, 0.25) is 5.91 Å². The van der Waals surface area contributed by atoms with Crippen LogP contribution in [0, 0.1) is 11.7 Å². The van der Waals surface area contributed by atoms with Crippen molar-refractivity contribution in [1.29, 1.82) is 0 Å². The van der Waals surface area contributed by atoms with Crippen LogP contribution >= 0.6 is 0 Å². The number of carbonyl (C=O) groups excluding carboxylic acids is 1. The summed E-state index contributed by atoms with van der Waals surface area (Å²) in [6.07, 6.45) is 5.12. The Morgan fingerprint density at radius 1 is 1.40 bits per heavy atom. The molecule has 4 rings (SSSR count). The quantitative estimate of drug-likeness (QED) is 0.908. The van der Waals surface area contributed by atoms with Gasteiger partial charge in [0.25, 0.3) is 0 Å². The summed E-state index contributed by atoms with van der Waals surface area (Å²) in [6.45, 7) is 3.51. The van der Waals surface area contributed by atoms with Gasteiger partial charge in [0.15, 0.2) is 0 Å². The van der Waals surface area contributed by atoms with Crippen molar-refractivity contribution >= 4 is 5.91 Å². The monoisotopic (exact) mass is 343 g/mol. The lowest BCUT2D eigenvalue weighted by molar-refractivity contribution is -0.123. The fourth-order valence-corrected chi connectivity index (χ4v) is 3.69. The lowest BCUT2D eigenvalue weighted by Gasteiger charge is -2.20. The zero-order valence-corrected chi connectivity index (χ0v) is 14.2. The Kier molecular flexibility index (Phi) is 4.29. The molecule has 0 bridgehead atoms. The highest BCUT2D eigenvalue weighted by molar-refractivity contribution is 5.83. The number of hydrogen-bond acceptors (Lipinski definition) is 3. The molecule has 1 saturated carbocycles. The maximum absolute atomic E-state index is 13.0. The lowest BCUT2D eigenvalue weighted by atomic mass is 10.1. The van der Waals surface area contributed by atoms with Gasteiger partial charge in [-0.15, -0.1) is 0 Å². The van der Waals surface area contributed by atoms with Crippen LogP contribution in [-0.4, -0.2) is 28.1 Å². The predicted molar refractivity (Wildman–Crippen MR) is 90.4 cm³/mol. The van der Waals surface area contributed by atoms with E-state index >= 15 is 0 Å². The van der Waals surface area contributed by atoms with E-state index in [0.29, 0.717) is 6.61 Å². The van der Waals surface area contributed by atoms with Crippen LogP contribution in [0.2, 0.25) is 0 Å². The Balaban J connectivity index is 1.40. The maximum atomic E-state index is 13.0. The third kappa shape index (κ3) is 3.18. The number of benzene rings is 1. The zero-order chi connectivity index (χ0) is 17.4. The molecule has 0 unspecified atom stereocenters. The summed E-state index contributed by atoms with van der Waals surface area (Å²) in [7, 11) is 0. The van der Waals surface area contributed by atoms with Crippen molar-refractivity contribution in [1.82, 2.24) is 14.9 Å². The number of nitrogens with one attached hydrogen (secondary N) is 1. The topological polar surface area (TPSA) is 56.1 Å². The number of rotatable bonds is 5. The van der Waals surface area contributed by atoms with Gasteiger partial charge < -0.3 is 14.6 Å². The first-order chi connectivity index (χ1) is 12.2. The number of hydrogen-bond donors (Lipinski definition) is 1. The van der Waals surface area contributed by atoms with Crippen molar-refractivity contribution < 1.29 is 13.9 Å². The summed E-state index contributed by atoms with van der Waals surface area (Å²) in [5.41, 5.74) is 1.03. The summed E-state index contributed by atoms with van der Waals surface area (Å²) < 4.78 is 20.9. The van der Waals surface area contributed by atoms with Crippen LogP contribution in [0.3, 0.4) is 0 Å². The average molecular weight is 343 g/mol. The molecule has 5 nitrogen and oxygen atoms in total. The highest BCUT2D eigenvalue weighted by Crippen LogP contribution is 2.47. The Labute approximate surface area is 146 Å². The van der Waals surface area contributed by atoms with E-state index in [1.807, 2.05) is 10.8 Å². The molecule has 1 amide bonds. The van der Waals surface area contributed by atoms with E-state index in [4.69, 9.17) is 4.74 Å². The number of amides is 1. The third-order valence-electron chi connectivity index (χ3n) is 5.19. The SMILES string of the molecule is CCn1ccnc1[C@H]1OCC[C@@H]1NC(=O)[C@@H]1C[C@H]1c1ccc(F)cc1. The maximum Gasteiger partial charge on any atom is 0.224 e. The highest BCUT2D eigenvalue weighted by atomic mass is 19.1. The second kappa shape index (κ2) is 6.59. The molecule has 0 spiro atoms. The minimum Gasteiger partial charge on any atom is -0.368 e. The molecule has 1 saturated heterocycles. The van der Waals surface area contributed by atoms with Gasteiger partial charge in [-0.25, -0.2) is 9.37 Å². The van der Waals surface area contributed by atoms with Crippen LogP contribution in [-0.2, 0) is 16.1 Å². The van der Waals surface area contributed by atoms with Gasteiger partial charge >= 0.3 is 0 Å². The largest absolute Gasteiger partial charge is 0.368 e. The van der Waals surface area contributed by atoms with Crippen molar-refractivity contribution in [2.24, 2.45) is 5.92 Å². The van der Waals surface area contributed by atoms with Gasteiger partial charge in [0, 0.05) is 31.5 Å². The number of aromatic nitrogens is 2. The normalized spacial score (nSPS) is 28.1. The fraction of sp³-hybridized carbons (Fsp3) is 0.474. The van der Waals surface area contributed by atoms with Crippen LogP contribution in [0.5, 0.6) is 0 Å². The number of ether oxygens (including phenoxy) is 1.